The summed E-state index contributed by atoms with van der Waals surface area (Å²) in [5, 5.41) is 5.88. The number of thiocarbonyl (C=S) groups is 1. The van der Waals surface area contributed by atoms with E-state index in [4.69, 9.17) is 12.2 Å². The average molecular weight is 388 g/mol. The van der Waals surface area contributed by atoms with E-state index in [1.165, 1.54) is 0 Å². The van der Waals surface area contributed by atoms with Gasteiger partial charge in [-0.2, -0.15) is 0 Å². The first kappa shape index (κ1) is 19.5. The molecule has 140 valence electrons. The molecule has 1 amide bonds. The number of nitrogens with one attached hydrogen (secondary N) is 2. The van der Waals surface area contributed by atoms with E-state index in [0.717, 1.165) is 33.5 Å². The number of amides is 1. The Kier molecular flexibility index (Phi) is 5.96. The van der Waals surface area contributed by atoms with E-state index < -0.39 is 0 Å². The fourth-order valence-electron chi connectivity index (χ4n) is 2.91. The molecular formula is C23H21N3OS. The van der Waals surface area contributed by atoms with E-state index in [2.05, 4.69) is 35.2 Å². The number of anilines is 1. The van der Waals surface area contributed by atoms with Crippen LogP contribution in [0.1, 0.15) is 27.0 Å². The maximum Gasteiger partial charge on any atom is 0.256 e. The van der Waals surface area contributed by atoms with Crippen LogP contribution in [0.5, 0.6) is 0 Å². The van der Waals surface area contributed by atoms with Crippen LogP contribution in [0.15, 0.2) is 73.7 Å². The first-order chi connectivity index (χ1) is 13.5. The van der Waals surface area contributed by atoms with Gasteiger partial charge in [-0.1, -0.05) is 43.1 Å². The lowest BCUT2D eigenvalue weighted by Gasteiger charge is -2.12. The zero-order valence-corrected chi connectivity index (χ0v) is 16.6. The van der Waals surface area contributed by atoms with Crippen LogP contribution in [0.25, 0.3) is 11.1 Å². The fraction of sp³-hybridized carbons (Fsp3) is 0.0870. The molecule has 0 saturated heterocycles. The van der Waals surface area contributed by atoms with Gasteiger partial charge in [-0.25, -0.2) is 0 Å². The third-order valence-electron chi connectivity index (χ3n) is 4.45. The molecule has 0 aliphatic carbocycles. The highest BCUT2D eigenvalue weighted by molar-refractivity contribution is 7.80. The number of carbonyl (C=O) groups is 1. The summed E-state index contributed by atoms with van der Waals surface area (Å²) in [6.07, 6.45) is 4.87. The molecule has 0 saturated carbocycles. The van der Waals surface area contributed by atoms with Gasteiger partial charge in [0.1, 0.15) is 4.99 Å². The molecule has 0 aliphatic heterocycles. The van der Waals surface area contributed by atoms with Gasteiger partial charge in [0, 0.05) is 29.2 Å². The van der Waals surface area contributed by atoms with Crippen molar-refractivity contribution in [2.24, 2.45) is 0 Å². The smallest absolute Gasteiger partial charge is 0.256 e. The first-order valence-electron chi connectivity index (χ1n) is 8.84. The molecular weight excluding hydrogens is 366 g/mol. The van der Waals surface area contributed by atoms with Crippen LogP contribution in [0.4, 0.5) is 5.69 Å². The molecule has 0 aliphatic rings. The van der Waals surface area contributed by atoms with Crippen molar-refractivity contribution in [3.63, 3.8) is 0 Å². The summed E-state index contributed by atoms with van der Waals surface area (Å²) in [7, 11) is 0. The predicted octanol–water partition coefficient (Wildman–Crippen LogP) is 5.03. The van der Waals surface area contributed by atoms with Crippen molar-refractivity contribution in [2.75, 3.05) is 5.32 Å². The van der Waals surface area contributed by atoms with Crippen LogP contribution in [0.2, 0.25) is 0 Å². The van der Waals surface area contributed by atoms with Gasteiger partial charge in [0.05, 0.1) is 0 Å². The first-order valence-corrected chi connectivity index (χ1v) is 9.25. The Morgan fingerprint density at radius 2 is 1.82 bits per heavy atom. The van der Waals surface area contributed by atoms with Crippen molar-refractivity contribution < 1.29 is 4.79 Å². The van der Waals surface area contributed by atoms with E-state index >= 15 is 0 Å². The van der Waals surface area contributed by atoms with Crippen LogP contribution in [-0.4, -0.2) is 15.9 Å². The van der Waals surface area contributed by atoms with Crippen molar-refractivity contribution in [1.82, 2.24) is 10.3 Å². The molecule has 2 aromatic carbocycles. The third kappa shape index (κ3) is 4.32. The van der Waals surface area contributed by atoms with E-state index in [1.807, 2.05) is 43.3 Å². The molecule has 28 heavy (non-hydrogen) atoms. The molecule has 1 heterocycles. The Balaban J connectivity index is 1.82. The Hall–Kier alpha value is -3.31. The topological polar surface area (TPSA) is 54.0 Å². The van der Waals surface area contributed by atoms with Crippen molar-refractivity contribution in [2.45, 2.75) is 13.8 Å². The van der Waals surface area contributed by atoms with Crippen molar-refractivity contribution in [3.8, 4) is 11.1 Å². The summed E-state index contributed by atoms with van der Waals surface area (Å²) in [6.45, 7) is 7.58. The SMILES string of the molecule is C=CNC(=S)c1ccc(C)c(-c2ccc(NC(=O)c3ccncc3C)cc2)c1. The van der Waals surface area contributed by atoms with Crippen molar-refractivity contribution >= 4 is 28.8 Å². The molecule has 4 nitrogen and oxygen atoms in total. The molecule has 2 N–H and O–H groups in total. The molecule has 3 aromatic rings. The maximum atomic E-state index is 12.5. The van der Waals surface area contributed by atoms with Gasteiger partial charge in [-0.05, 0) is 66.6 Å². The zero-order valence-electron chi connectivity index (χ0n) is 15.8. The number of rotatable bonds is 5. The second kappa shape index (κ2) is 8.59. The van der Waals surface area contributed by atoms with E-state index in [9.17, 15) is 4.79 Å². The van der Waals surface area contributed by atoms with E-state index in [-0.39, 0.29) is 5.91 Å². The van der Waals surface area contributed by atoms with Gasteiger partial charge in [0.25, 0.3) is 5.91 Å². The van der Waals surface area contributed by atoms with Crippen LogP contribution in [-0.2, 0) is 0 Å². The summed E-state index contributed by atoms with van der Waals surface area (Å²) < 4.78 is 0. The molecule has 0 bridgehead atoms. The number of pyridine rings is 1. The Labute approximate surface area is 170 Å². The number of nitrogens with zero attached hydrogens (tertiary/aromatic N) is 1. The summed E-state index contributed by atoms with van der Waals surface area (Å²) >= 11 is 5.36. The summed E-state index contributed by atoms with van der Waals surface area (Å²) in [6, 6.07) is 15.6. The highest BCUT2D eigenvalue weighted by Crippen LogP contribution is 2.26. The minimum absolute atomic E-state index is 0.147. The molecule has 0 spiro atoms. The minimum atomic E-state index is -0.147. The quantitative estimate of drug-likeness (QED) is 0.603. The van der Waals surface area contributed by atoms with Gasteiger partial charge in [-0.15, -0.1) is 0 Å². The second-order valence-electron chi connectivity index (χ2n) is 6.43. The van der Waals surface area contributed by atoms with Crippen LogP contribution >= 0.6 is 12.2 Å². The highest BCUT2D eigenvalue weighted by atomic mass is 32.1. The van der Waals surface area contributed by atoms with Gasteiger partial charge < -0.3 is 10.6 Å². The van der Waals surface area contributed by atoms with E-state index in [0.29, 0.717) is 10.6 Å². The van der Waals surface area contributed by atoms with Gasteiger partial charge in [-0.3, -0.25) is 9.78 Å². The molecule has 5 heteroatoms. The van der Waals surface area contributed by atoms with Gasteiger partial charge >= 0.3 is 0 Å². The molecule has 0 radical (unpaired) electrons. The number of hydrogen-bond donors (Lipinski definition) is 2. The van der Waals surface area contributed by atoms with Crippen LogP contribution in [0.3, 0.4) is 0 Å². The largest absolute Gasteiger partial charge is 0.353 e. The summed E-state index contributed by atoms with van der Waals surface area (Å²) in [4.78, 5) is 17.1. The summed E-state index contributed by atoms with van der Waals surface area (Å²) in [5.41, 5.74) is 6.42. The molecule has 3 rings (SSSR count). The van der Waals surface area contributed by atoms with Gasteiger partial charge in [0.2, 0.25) is 0 Å². The highest BCUT2D eigenvalue weighted by Gasteiger charge is 2.10. The van der Waals surface area contributed by atoms with Crippen LogP contribution in [0, 0.1) is 13.8 Å². The second-order valence-corrected chi connectivity index (χ2v) is 6.84. The molecule has 0 fully saturated rings. The number of aromatic nitrogens is 1. The maximum absolute atomic E-state index is 12.5. The van der Waals surface area contributed by atoms with Crippen LogP contribution < -0.4 is 10.6 Å². The third-order valence-corrected chi connectivity index (χ3v) is 4.81. The Bertz CT molecular complexity index is 1040. The number of aryl methyl sites for hydroxylation is 2. The lowest BCUT2D eigenvalue weighted by molar-refractivity contribution is 0.102. The predicted molar refractivity (Wildman–Crippen MR) is 119 cm³/mol. The van der Waals surface area contributed by atoms with Crippen molar-refractivity contribution in [3.05, 3.63) is 96.0 Å². The van der Waals surface area contributed by atoms with Crippen molar-refractivity contribution in [1.29, 1.82) is 0 Å². The number of hydrogen-bond acceptors (Lipinski definition) is 3. The monoisotopic (exact) mass is 387 g/mol. The minimum Gasteiger partial charge on any atom is -0.353 e. The Morgan fingerprint density at radius 1 is 1.07 bits per heavy atom. The number of benzene rings is 2. The van der Waals surface area contributed by atoms with Gasteiger partial charge in [0.15, 0.2) is 0 Å². The fourth-order valence-corrected chi connectivity index (χ4v) is 3.12. The average Bonchev–Trinajstić information content (AvgIpc) is 2.69. The zero-order chi connectivity index (χ0) is 20.1. The van der Waals surface area contributed by atoms with E-state index in [1.54, 1.807) is 24.7 Å². The lowest BCUT2D eigenvalue weighted by Crippen LogP contribution is -2.15. The summed E-state index contributed by atoms with van der Waals surface area (Å²) in [5.74, 6) is -0.147. The normalized spacial score (nSPS) is 10.2. The molecule has 0 atom stereocenters. The molecule has 1 aromatic heterocycles. The molecule has 0 unspecified atom stereocenters. The Morgan fingerprint density at radius 3 is 2.50 bits per heavy atom. The number of carbonyl (C=O) groups excluding carboxylic acids is 1. The lowest BCUT2D eigenvalue weighted by atomic mass is 9.98. The standard InChI is InChI=1S/C23H21N3OS/c1-4-25-23(28)18-6-5-15(2)21(13-18)17-7-9-19(10-8-17)26-22(27)20-11-12-24-14-16(20)3/h4-14H,1H2,2-3H3,(H,25,28)(H,26,27).